The van der Waals surface area contributed by atoms with E-state index in [0.29, 0.717) is 19.6 Å². The minimum Gasteiger partial charge on any atom is -0.491 e. The van der Waals surface area contributed by atoms with Crippen LogP contribution in [0.25, 0.3) is 11.4 Å². The standard InChI is InChI=1S/C29H44N2O4/c1-2-3-13-20-34-21-22-35-27-18-16-26(17-19-27)29-30-23-25(24-31-29)14-11-9-7-5-4-6-8-10-12-15-28(32)33/h16-19,23-24H,2-15,20-22H2,1H3,(H,32,33). The van der Waals surface area contributed by atoms with Crippen LogP contribution in [0.5, 0.6) is 5.75 Å². The van der Waals surface area contributed by atoms with Crippen molar-refractivity contribution < 1.29 is 19.4 Å². The summed E-state index contributed by atoms with van der Waals surface area (Å²) in [7, 11) is 0. The summed E-state index contributed by atoms with van der Waals surface area (Å²) in [6.45, 7) is 4.18. The molecule has 1 N–H and O–H groups in total. The van der Waals surface area contributed by atoms with E-state index in [4.69, 9.17) is 14.6 Å². The lowest BCUT2D eigenvalue weighted by molar-refractivity contribution is -0.137. The molecule has 0 saturated heterocycles. The normalized spacial score (nSPS) is 11.0. The van der Waals surface area contributed by atoms with Crippen LogP contribution in [0.4, 0.5) is 0 Å². The smallest absolute Gasteiger partial charge is 0.303 e. The summed E-state index contributed by atoms with van der Waals surface area (Å²) in [5.41, 5.74) is 2.17. The van der Waals surface area contributed by atoms with Crippen molar-refractivity contribution in [2.24, 2.45) is 0 Å². The molecule has 2 rings (SSSR count). The third-order valence-corrected chi connectivity index (χ3v) is 6.06. The molecular formula is C29H44N2O4. The maximum Gasteiger partial charge on any atom is 0.303 e. The van der Waals surface area contributed by atoms with Gasteiger partial charge in [-0.3, -0.25) is 4.79 Å². The molecular weight excluding hydrogens is 440 g/mol. The number of aromatic nitrogens is 2. The van der Waals surface area contributed by atoms with Crippen LogP contribution in [-0.4, -0.2) is 40.9 Å². The summed E-state index contributed by atoms with van der Waals surface area (Å²) in [5, 5.41) is 8.63. The summed E-state index contributed by atoms with van der Waals surface area (Å²) in [6.07, 6.45) is 19.1. The number of rotatable bonds is 21. The fourth-order valence-corrected chi connectivity index (χ4v) is 3.95. The summed E-state index contributed by atoms with van der Waals surface area (Å²) in [5.74, 6) is 0.892. The van der Waals surface area contributed by atoms with Gasteiger partial charge in [0.1, 0.15) is 12.4 Å². The van der Waals surface area contributed by atoms with E-state index in [1.807, 2.05) is 36.7 Å². The molecule has 0 unspecified atom stereocenters. The Kier molecular flexibility index (Phi) is 15.5. The van der Waals surface area contributed by atoms with E-state index in [0.717, 1.165) is 62.3 Å². The van der Waals surface area contributed by atoms with Crippen LogP contribution in [-0.2, 0) is 16.0 Å². The van der Waals surface area contributed by atoms with Gasteiger partial charge in [0, 0.05) is 31.0 Å². The van der Waals surface area contributed by atoms with Gasteiger partial charge in [-0.1, -0.05) is 64.7 Å². The van der Waals surface area contributed by atoms with Gasteiger partial charge in [-0.05, 0) is 55.5 Å². The zero-order valence-electron chi connectivity index (χ0n) is 21.6. The number of nitrogens with zero attached hydrogens (tertiary/aromatic N) is 2. The number of hydrogen-bond donors (Lipinski definition) is 1. The summed E-state index contributed by atoms with van der Waals surface area (Å²) in [6, 6.07) is 7.91. The molecule has 0 aliphatic carbocycles. The highest BCUT2D eigenvalue weighted by molar-refractivity contribution is 5.66. The van der Waals surface area contributed by atoms with Crippen molar-refractivity contribution in [1.29, 1.82) is 0 Å². The van der Waals surface area contributed by atoms with Gasteiger partial charge in [0.15, 0.2) is 5.82 Å². The van der Waals surface area contributed by atoms with Gasteiger partial charge >= 0.3 is 5.97 Å². The van der Waals surface area contributed by atoms with Crippen molar-refractivity contribution in [3.8, 4) is 17.1 Å². The zero-order chi connectivity index (χ0) is 25.0. The molecule has 194 valence electrons. The number of benzene rings is 1. The van der Waals surface area contributed by atoms with Gasteiger partial charge in [0.05, 0.1) is 6.61 Å². The maximum absolute atomic E-state index is 10.5. The monoisotopic (exact) mass is 484 g/mol. The number of aliphatic carboxylic acids is 1. The molecule has 6 nitrogen and oxygen atoms in total. The summed E-state index contributed by atoms with van der Waals surface area (Å²) < 4.78 is 11.3. The Labute approximate surface area is 211 Å². The molecule has 6 heteroatoms. The molecule has 0 aliphatic heterocycles. The average molecular weight is 485 g/mol. The molecule has 1 heterocycles. The van der Waals surface area contributed by atoms with E-state index in [2.05, 4.69) is 16.9 Å². The quantitative estimate of drug-likeness (QED) is 0.188. The number of carboxylic acid groups (broad SMARTS) is 1. The fourth-order valence-electron chi connectivity index (χ4n) is 3.95. The lowest BCUT2D eigenvalue weighted by Crippen LogP contribution is -2.07. The number of ether oxygens (including phenoxy) is 2. The van der Waals surface area contributed by atoms with E-state index >= 15 is 0 Å². The molecule has 0 radical (unpaired) electrons. The second kappa shape index (κ2) is 18.8. The first-order chi connectivity index (χ1) is 17.2. The number of aryl methyl sites for hydroxylation is 1. The van der Waals surface area contributed by atoms with Gasteiger partial charge in [-0.15, -0.1) is 0 Å². The van der Waals surface area contributed by atoms with Gasteiger partial charge in [-0.2, -0.15) is 0 Å². The SMILES string of the molecule is CCCCCOCCOc1ccc(-c2ncc(CCCCCCCCCCCC(=O)O)cn2)cc1. The highest BCUT2D eigenvalue weighted by Crippen LogP contribution is 2.20. The molecule has 0 fully saturated rings. The third-order valence-electron chi connectivity index (χ3n) is 6.06. The van der Waals surface area contributed by atoms with E-state index in [9.17, 15) is 4.79 Å². The Balaban J connectivity index is 1.54. The van der Waals surface area contributed by atoms with Crippen LogP contribution in [0.2, 0.25) is 0 Å². The first-order valence-corrected chi connectivity index (χ1v) is 13.5. The number of hydrogen-bond acceptors (Lipinski definition) is 5. The summed E-state index contributed by atoms with van der Waals surface area (Å²) in [4.78, 5) is 19.6. The lowest BCUT2D eigenvalue weighted by atomic mass is 10.0. The second-order valence-electron chi connectivity index (χ2n) is 9.18. The largest absolute Gasteiger partial charge is 0.491 e. The maximum atomic E-state index is 10.5. The Morgan fingerprint density at radius 3 is 2.03 bits per heavy atom. The fraction of sp³-hybridized carbons (Fsp3) is 0.621. The van der Waals surface area contributed by atoms with Crippen LogP contribution < -0.4 is 4.74 Å². The Bertz CT molecular complexity index is 793. The van der Waals surface area contributed by atoms with Crippen LogP contribution in [0.1, 0.15) is 96.0 Å². The molecule has 0 atom stereocenters. The first-order valence-electron chi connectivity index (χ1n) is 13.5. The predicted molar refractivity (Wildman–Crippen MR) is 141 cm³/mol. The van der Waals surface area contributed by atoms with Gasteiger partial charge < -0.3 is 14.6 Å². The topological polar surface area (TPSA) is 81.5 Å². The molecule has 2 aromatic rings. The van der Waals surface area contributed by atoms with Crippen molar-refractivity contribution in [3.63, 3.8) is 0 Å². The molecule has 0 bridgehead atoms. The minimum absolute atomic E-state index is 0.307. The van der Waals surface area contributed by atoms with Crippen molar-refractivity contribution in [1.82, 2.24) is 9.97 Å². The summed E-state index contributed by atoms with van der Waals surface area (Å²) >= 11 is 0. The van der Waals surface area contributed by atoms with Crippen LogP contribution >= 0.6 is 0 Å². The molecule has 1 aromatic carbocycles. The Hall–Kier alpha value is -2.47. The highest BCUT2D eigenvalue weighted by Gasteiger charge is 2.03. The molecule has 35 heavy (non-hydrogen) atoms. The van der Waals surface area contributed by atoms with Gasteiger partial charge in [0.2, 0.25) is 0 Å². The highest BCUT2D eigenvalue weighted by atomic mass is 16.5. The Morgan fingerprint density at radius 1 is 0.771 bits per heavy atom. The van der Waals surface area contributed by atoms with Crippen LogP contribution in [0.3, 0.4) is 0 Å². The lowest BCUT2D eigenvalue weighted by Gasteiger charge is -2.08. The molecule has 1 aromatic heterocycles. The minimum atomic E-state index is -0.681. The van der Waals surface area contributed by atoms with Crippen molar-refractivity contribution in [3.05, 3.63) is 42.2 Å². The Morgan fingerprint density at radius 2 is 1.40 bits per heavy atom. The van der Waals surface area contributed by atoms with Crippen molar-refractivity contribution >= 4 is 5.97 Å². The average Bonchev–Trinajstić information content (AvgIpc) is 2.87. The third kappa shape index (κ3) is 13.9. The van der Waals surface area contributed by atoms with E-state index in [1.54, 1.807) is 0 Å². The molecule has 0 amide bonds. The number of carboxylic acids is 1. The number of carbonyl (C=O) groups is 1. The van der Waals surface area contributed by atoms with Crippen molar-refractivity contribution in [2.75, 3.05) is 19.8 Å². The molecule has 0 spiro atoms. The molecule has 0 saturated carbocycles. The molecule has 0 aliphatic rings. The van der Waals surface area contributed by atoms with Crippen LogP contribution in [0, 0.1) is 0 Å². The van der Waals surface area contributed by atoms with Crippen molar-refractivity contribution in [2.45, 2.75) is 96.8 Å². The number of unbranched alkanes of at least 4 members (excludes halogenated alkanes) is 10. The van der Waals surface area contributed by atoms with Crippen LogP contribution in [0.15, 0.2) is 36.7 Å². The van der Waals surface area contributed by atoms with Gasteiger partial charge in [0.25, 0.3) is 0 Å². The van der Waals surface area contributed by atoms with E-state index in [1.165, 1.54) is 50.5 Å². The second-order valence-corrected chi connectivity index (χ2v) is 9.18. The van der Waals surface area contributed by atoms with E-state index < -0.39 is 5.97 Å². The van der Waals surface area contributed by atoms with Gasteiger partial charge in [-0.25, -0.2) is 9.97 Å². The first kappa shape index (κ1) is 28.8. The predicted octanol–water partition coefficient (Wildman–Crippen LogP) is 7.26. The zero-order valence-corrected chi connectivity index (χ0v) is 21.6. The van der Waals surface area contributed by atoms with E-state index in [-0.39, 0.29) is 0 Å².